The summed E-state index contributed by atoms with van der Waals surface area (Å²) in [6.45, 7) is 4.22. The Labute approximate surface area is 139 Å². The van der Waals surface area contributed by atoms with Crippen LogP contribution in [0.2, 0.25) is 0 Å². The predicted molar refractivity (Wildman–Crippen MR) is 96.2 cm³/mol. The third-order valence-corrected chi connectivity index (χ3v) is 4.26. The Bertz CT molecular complexity index is 579. The third-order valence-electron chi connectivity index (χ3n) is 4.26. The van der Waals surface area contributed by atoms with Gasteiger partial charge in [-0.05, 0) is 30.9 Å². The molecule has 0 saturated carbocycles. The van der Waals surface area contributed by atoms with Crippen molar-refractivity contribution in [1.29, 1.82) is 0 Å². The van der Waals surface area contributed by atoms with E-state index >= 15 is 0 Å². The van der Waals surface area contributed by atoms with Gasteiger partial charge in [-0.15, -0.1) is 0 Å². The van der Waals surface area contributed by atoms with E-state index in [0.29, 0.717) is 0 Å². The van der Waals surface area contributed by atoms with Crippen LogP contribution in [0.5, 0.6) is 0 Å². The highest BCUT2D eigenvalue weighted by Crippen LogP contribution is 2.18. The smallest absolute Gasteiger partial charge is 0.223 e. The molecule has 23 heavy (non-hydrogen) atoms. The Kier molecular flexibility index (Phi) is 6.86. The topological polar surface area (TPSA) is 29.1 Å². The lowest BCUT2D eigenvalue weighted by Gasteiger charge is -2.21. The van der Waals surface area contributed by atoms with Crippen molar-refractivity contribution in [2.24, 2.45) is 5.92 Å². The number of hydrogen-bond donors (Lipinski definition) is 1. The fraction of sp³-hybridized carbons (Fsp3) is 0.381. The van der Waals surface area contributed by atoms with Crippen molar-refractivity contribution in [2.45, 2.75) is 45.6 Å². The van der Waals surface area contributed by atoms with Gasteiger partial charge in [-0.1, -0.05) is 80.4 Å². The largest absolute Gasteiger partial charge is 0.349 e. The van der Waals surface area contributed by atoms with E-state index in [1.165, 1.54) is 5.56 Å². The minimum Gasteiger partial charge on any atom is -0.349 e. The molecule has 0 heterocycles. The fourth-order valence-corrected chi connectivity index (χ4v) is 2.83. The molecule has 0 saturated heterocycles. The van der Waals surface area contributed by atoms with E-state index < -0.39 is 0 Å². The number of hydrogen-bond acceptors (Lipinski definition) is 1. The molecule has 0 fully saturated rings. The van der Waals surface area contributed by atoms with Crippen LogP contribution in [0.3, 0.4) is 0 Å². The Balaban J connectivity index is 2.01. The second-order valence-electron chi connectivity index (χ2n) is 6.17. The van der Waals surface area contributed by atoms with E-state index in [9.17, 15) is 4.79 Å². The van der Waals surface area contributed by atoms with E-state index in [-0.39, 0.29) is 17.9 Å². The Morgan fingerprint density at radius 2 is 1.61 bits per heavy atom. The number of carbonyl (C=O) groups excluding carboxylic acids is 1. The van der Waals surface area contributed by atoms with Gasteiger partial charge in [-0.25, -0.2) is 0 Å². The quantitative estimate of drug-likeness (QED) is 0.737. The van der Waals surface area contributed by atoms with E-state index in [2.05, 4.69) is 36.5 Å². The molecule has 2 aromatic carbocycles. The molecule has 1 N–H and O–H groups in total. The highest BCUT2D eigenvalue weighted by molar-refractivity contribution is 5.79. The van der Waals surface area contributed by atoms with Crippen molar-refractivity contribution in [2.75, 3.05) is 0 Å². The lowest BCUT2D eigenvalue weighted by molar-refractivity contribution is -0.125. The molecule has 0 aliphatic carbocycles. The summed E-state index contributed by atoms with van der Waals surface area (Å²) in [5.74, 6) is 0.210. The highest BCUT2D eigenvalue weighted by Gasteiger charge is 2.20. The van der Waals surface area contributed by atoms with E-state index in [1.54, 1.807) is 0 Å². The summed E-state index contributed by atoms with van der Waals surface area (Å²) in [5, 5.41) is 3.19. The number of amides is 1. The van der Waals surface area contributed by atoms with Gasteiger partial charge in [0.2, 0.25) is 5.91 Å². The zero-order valence-corrected chi connectivity index (χ0v) is 14.2. The maximum Gasteiger partial charge on any atom is 0.223 e. The summed E-state index contributed by atoms with van der Waals surface area (Å²) in [6, 6.07) is 20.5. The molecule has 1 amide bonds. The van der Waals surface area contributed by atoms with Crippen molar-refractivity contribution in [1.82, 2.24) is 5.32 Å². The lowest BCUT2D eigenvalue weighted by atomic mass is 9.93. The molecule has 0 spiro atoms. The first-order chi connectivity index (χ1) is 11.2. The van der Waals surface area contributed by atoms with E-state index in [0.717, 1.165) is 31.2 Å². The van der Waals surface area contributed by atoms with Gasteiger partial charge >= 0.3 is 0 Å². The Morgan fingerprint density at radius 1 is 1.00 bits per heavy atom. The van der Waals surface area contributed by atoms with Crippen molar-refractivity contribution in [3.8, 4) is 0 Å². The molecule has 0 radical (unpaired) electrons. The molecule has 0 unspecified atom stereocenters. The molecule has 0 bridgehead atoms. The van der Waals surface area contributed by atoms with Crippen LogP contribution in [0.25, 0.3) is 0 Å². The fourth-order valence-electron chi connectivity index (χ4n) is 2.83. The highest BCUT2D eigenvalue weighted by atomic mass is 16.1. The van der Waals surface area contributed by atoms with Gasteiger partial charge < -0.3 is 5.32 Å². The van der Waals surface area contributed by atoms with Crippen LogP contribution in [0.1, 0.15) is 50.3 Å². The summed E-state index contributed by atoms with van der Waals surface area (Å²) in [4.78, 5) is 12.7. The van der Waals surface area contributed by atoms with Crippen LogP contribution in [-0.2, 0) is 11.2 Å². The van der Waals surface area contributed by atoms with Gasteiger partial charge in [0.15, 0.2) is 0 Å². The SMILES string of the molecule is CCCC[C@H](Cc1ccccc1)C(=O)N[C@H](C)c1ccccc1. The Hall–Kier alpha value is -2.09. The first kappa shape index (κ1) is 17.3. The van der Waals surface area contributed by atoms with E-state index in [4.69, 9.17) is 0 Å². The summed E-state index contributed by atoms with van der Waals surface area (Å²) in [6.07, 6.45) is 3.96. The molecule has 2 rings (SSSR count). The molecule has 122 valence electrons. The average molecular weight is 309 g/mol. The van der Waals surface area contributed by atoms with Crippen molar-refractivity contribution >= 4 is 5.91 Å². The number of nitrogens with one attached hydrogen (secondary N) is 1. The second-order valence-corrected chi connectivity index (χ2v) is 6.17. The minimum atomic E-state index is 0.0449. The van der Waals surface area contributed by atoms with Gasteiger partial charge in [-0.3, -0.25) is 4.79 Å². The molecule has 0 aliphatic heterocycles. The Morgan fingerprint density at radius 3 is 2.22 bits per heavy atom. The summed E-state index contributed by atoms with van der Waals surface area (Å²) >= 11 is 0. The number of rotatable bonds is 8. The van der Waals surface area contributed by atoms with Crippen LogP contribution >= 0.6 is 0 Å². The standard InChI is InChI=1S/C21H27NO/c1-3-4-13-20(16-18-11-7-5-8-12-18)21(23)22-17(2)19-14-9-6-10-15-19/h5-12,14-15,17,20H,3-4,13,16H2,1-2H3,(H,22,23)/t17-,20-/m1/s1. The first-order valence-corrected chi connectivity index (χ1v) is 8.60. The van der Waals surface area contributed by atoms with Crippen LogP contribution in [0.4, 0.5) is 0 Å². The molecular weight excluding hydrogens is 282 g/mol. The maximum absolute atomic E-state index is 12.7. The molecule has 2 aromatic rings. The van der Waals surface area contributed by atoms with Crippen LogP contribution < -0.4 is 5.32 Å². The van der Waals surface area contributed by atoms with Crippen LogP contribution in [0.15, 0.2) is 60.7 Å². The second kappa shape index (κ2) is 9.14. The molecule has 2 nitrogen and oxygen atoms in total. The van der Waals surface area contributed by atoms with Crippen molar-refractivity contribution in [3.05, 3.63) is 71.8 Å². The van der Waals surface area contributed by atoms with Gasteiger partial charge in [0.1, 0.15) is 0 Å². The van der Waals surface area contributed by atoms with Crippen molar-refractivity contribution in [3.63, 3.8) is 0 Å². The molecular formula is C21H27NO. The number of carbonyl (C=O) groups is 1. The molecule has 0 aliphatic rings. The number of benzene rings is 2. The van der Waals surface area contributed by atoms with E-state index in [1.807, 2.05) is 43.3 Å². The van der Waals surface area contributed by atoms with Crippen LogP contribution in [0, 0.1) is 5.92 Å². The lowest BCUT2D eigenvalue weighted by Crippen LogP contribution is -2.34. The first-order valence-electron chi connectivity index (χ1n) is 8.60. The normalized spacial score (nSPS) is 13.3. The third kappa shape index (κ3) is 5.55. The maximum atomic E-state index is 12.7. The zero-order valence-electron chi connectivity index (χ0n) is 14.2. The minimum absolute atomic E-state index is 0.0449. The molecule has 2 atom stereocenters. The average Bonchev–Trinajstić information content (AvgIpc) is 2.60. The van der Waals surface area contributed by atoms with Gasteiger partial charge in [0.25, 0.3) is 0 Å². The zero-order chi connectivity index (χ0) is 16.5. The van der Waals surface area contributed by atoms with Crippen molar-refractivity contribution < 1.29 is 4.79 Å². The van der Waals surface area contributed by atoms with Crippen LogP contribution in [-0.4, -0.2) is 5.91 Å². The number of unbranched alkanes of at least 4 members (excludes halogenated alkanes) is 1. The monoisotopic (exact) mass is 309 g/mol. The van der Waals surface area contributed by atoms with Gasteiger partial charge in [-0.2, -0.15) is 0 Å². The predicted octanol–water partition coefficient (Wildman–Crippen LogP) is 4.91. The van der Waals surface area contributed by atoms with Gasteiger partial charge in [0, 0.05) is 5.92 Å². The molecule has 0 aromatic heterocycles. The summed E-state index contributed by atoms with van der Waals surface area (Å²) in [5.41, 5.74) is 2.38. The molecule has 2 heteroatoms. The summed E-state index contributed by atoms with van der Waals surface area (Å²) < 4.78 is 0. The summed E-state index contributed by atoms with van der Waals surface area (Å²) in [7, 11) is 0. The van der Waals surface area contributed by atoms with Gasteiger partial charge in [0.05, 0.1) is 6.04 Å².